The van der Waals surface area contributed by atoms with Gasteiger partial charge in [-0.15, -0.1) is 11.8 Å². The second-order valence-electron chi connectivity index (χ2n) is 13.5. The van der Waals surface area contributed by atoms with Gasteiger partial charge in [-0.25, -0.2) is 17.7 Å². The minimum Gasteiger partial charge on any atom is -0.378 e. The molecule has 3 heterocycles. The third kappa shape index (κ3) is 8.05. The van der Waals surface area contributed by atoms with Crippen LogP contribution >= 0.6 is 21.8 Å². The lowest BCUT2D eigenvalue weighted by molar-refractivity contribution is -0.582. The molecular weight excluding hydrogens is 710 g/mol. The maximum absolute atomic E-state index is 17.0. The molecule has 282 valence electrons. The van der Waals surface area contributed by atoms with E-state index in [1.165, 1.54) is 0 Å². The van der Waals surface area contributed by atoms with Gasteiger partial charge >= 0.3 is 0 Å². The summed E-state index contributed by atoms with van der Waals surface area (Å²) in [5, 5.41) is 2.71. The molecule has 4 aliphatic rings. The molecule has 0 spiro atoms. The molecule has 0 aromatic heterocycles. The number of allylic oxidation sites excluding steroid dienone is 4. The van der Waals surface area contributed by atoms with Gasteiger partial charge < -0.3 is 30.2 Å². The number of anilines is 1. The van der Waals surface area contributed by atoms with Crippen molar-refractivity contribution in [2.75, 3.05) is 102 Å². The average molecular weight is 760 g/mol. The Kier molecular flexibility index (Phi) is 12.9. The van der Waals surface area contributed by atoms with Crippen molar-refractivity contribution in [1.29, 1.82) is 0 Å². The van der Waals surface area contributed by atoms with Gasteiger partial charge in [0, 0.05) is 70.5 Å². The van der Waals surface area contributed by atoms with Crippen molar-refractivity contribution < 1.29 is 36.8 Å². The molecule has 1 aliphatic carbocycles. The summed E-state index contributed by atoms with van der Waals surface area (Å²) >= 11 is 0.668. The van der Waals surface area contributed by atoms with E-state index in [9.17, 15) is 4.79 Å². The van der Waals surface area contributed by atoms with Crippen molar-refractivity contribution in [3.8, 4) is 0 Å². The third-order valence-electron chi connectivity index (χ3n) is 9.91. The number of fused-ring (bicyclic) bond motifs is 2. The third-order valence-corrected chi connectivity index (χ3v) is 13.8. The molecule has 3 aliphatic heterocycles. The van der Waals surface area contributed by atoms with E-state index in [1.54, 1.807) is 6.92 Å². The fourth-order valence-corrected chi connectivity index (χ4v) is 10.2. The number of ether oxygens (including phenoxy) is 3. The summed E-state index contributed by atoms with van der Waals surface area (Å²) < 4.78 is 67.3. The Labute approximate surface area is 310 Å². The molecule has 2 aromatic rings. The first-order valence-corrected chi connectivity index (χ1v) is 21.5. The number of halogens is 3. The van der Waals surface area contributed by atoms with Gasteiger partial charge in [0.2, 0.25) is 11.6 Å². The molecule has 0 atom stereocenters. The maximum atomic E-state index is 17.0. The summed E-state index contributed by atoms with van der Waals surface area (Å²) in [4.78, 5) is 16.8. The van der Waals surface area contributed by atoms with Crippen LogP contribution in [0.25, 0.3) is 5.57 Å². The summed E-state index contributed by atoms with van der Waals surface area (Å²) in [7, 11) is -1.58. The van der Waals surface area contributed by atoms with Gasteiger partial charge in [-0.1, -0.05) is 13.0 Å². The number of hydrogen-bond donors (Lipinski definition) is 2. The Morgan fingerprint density at radius 1 is 0.962 bits per heavy atom. The maximum Gasteiger partial charge on any atom is 0.230 e. The van der Waals surface area contributed by atoms with Crippen LogP contribution < -0.4 is 16.0 Å². The lowest BCUT2D eigenvalue weighted by Gasteiger charge is -2.44. The van der Waals surface area contributed by atoms with Crippen molar-refractivity contribution >= 4 is 44.7 Å². The molecule has 3 N–H and O–H groups in total. The van der Waals surface area contributed by atoms with Crippen LogP contribution in [0.4, 0.5) is 18.9 Å². The van der Waals surface area contributed by atoms with Gasteiger partial charge in [0.25, 0.3) is 0 Å². The second kappa shape index (κ2) is 17.4. The lowest BCUT2D eigenvalue weighted by atomic mass is 9.86. The van der Waals surface area contributed by atoms with Crippen LogP contribution in [0.3, 0.4) is 0 Å². The molecule has 2 aromatic carbocycles. The minimum absolute atomic E-state index is 0.00624. The van der Waals surface area contributed by atoms with Crippen LogP contribution in [0.2, 0.25) is 0 Å². The molecule has 13 heteroatoms. The number of carbonyl (C=O) groups is 1. The Hall–Kier alpha value is -3.07. The average Bonchev–Trinajstić information content (AvgIpc) is 3.08. The van der Waals surface area contributed by atoms with Crippen molar-refractivity contribution in [2.45, 2.75) is 36.0 Å². The van der Waals surface area contributed by atoms with Crippen molar-refractivity contribution in [1.82, 2.24) is 5.32 Å². The molecule has 0 bridgehead atoms. The van der Waals surface area contributed by atoms with E-state index in [-0.39, 0.29) is 36.5 Å². The van der Waals surface area contributed by atoms with Gasteiger partial charge in [0.15, 0.2) is 11.6 Å². The highest BCUT2D eigenvalue weighted by Gasteiger charge is 2.39. The summed E-state index contributed by atoms with van der Waals surface area (Å²) in [6.45, 7) is 8.67. The number of nitrogens with one attached hydrogen (secondary N) is 1. The second-order valence-corrected chi connectivity index (χ2v) is 18.0. The molecule has 6 rings (SSSR count). The highest BCUT2D eigenvalue weighted by molar-refractivity contribution is 8.36. The quantitative estimate of drug-likeness (QED) is 0.0935. The zero-order valence-corrected chi connectivity index (χ0v) is 32.0. The van der Waals surface area contributed by atoms with Gasteiger partial charge in [0.1, 0.15) is 18.9 Å². The number of hydrogen-bond acceptors (Lipinski definition) is 7. The number of rotatable bonds is 17. The Morgan fingerprint density at radius 2 is 1.67 bits per heavy atom. The molecule has 0 saturated carbocycles. The van der Waals surface area contributed by atoms with E-state index < -0.39 is 38.3 Å². The fraction of sp³-hybridized carbons (Fsp3) is 0.487. The molecule has 0 radical (unpaired) electrons. The van der Waals surface area contributed by atoms with Crippen LogP contribution in [0, 0.1) is 17.5 Å². The predicted molar refractivity (Wildman–Crippen MR) is 205 cm³/mol. The number of benzene rings is 2. The van der Waals surface area contributed by atoms with Crippen LogP contribution in [0.15, 0.2) is 56.7 Å². The lowest BCUT2D eigenvalue weighted by Crippen LogP contribution is -2.37. The smallest absolute Gasteiger partial charge is 0.230 e. The van der Waals surface area contributed by atoms with E-state index in [4.69, 9.17) is 19.9 Å². The van der Waals surface area contributed by atoms with Crippen LogP contribution in [-0.4, -0.2) is 113 Å². The molecular formula is C39H50F3N4O4S2+. The zero-order chi connectivity index (χ0) is 36.8. The number of nitrogens with zero attached hydrogens (tertiary/aromatic N) is 2. The van der Waals surface area contributed by atoms with E-state index in [2.05, 4.69) is 51.6 Å². The number of carbonyl (C=O) groups excluding carboxylic acids is 1. The van der Waals surface area contributed by atoms with Crippen molar-refractivity contribution in [3.63, 3.8) is 0 Å². The first-order chi connectivity index (χ1) is 25.2. The highest BCUT2D eigenvalue weighted by Crippen LogP contribution is 2.66. The summed E-state index contributed by atoms with van der Waals surface area (Å²) in [5.74, 6) is -3.92. The van der Waals surface area contributed by atoms with E-state index in [1.807, 2.05) is 12.1 Å². The monoisotopic (exact) mass is 759 g/mol. The number of thioether (sulfide) groups is 1. The molecule has 2 saturated heterocycles. The first-order valence-electron chi connectivity index (χ1n) is 18.1. The SMILES string of the molecule is CCc1c(F)c(F)c(SCC(=O)NCCOCCOCCOCCN)c(F)c1C1=C2C=CC(=[N+]3CCC3)C=C2S(C)(C)c2cc(N3CCC3)ccc21. The zero-order valence-electron chi connectivity index (χ0n) is 30.3. The molecule has 2 fully saturated rings. The van der Waals surface area contributed by atoms with E-state index in [0.717, 1.165) is 71.4 Å². The summed E-state index contributed by atoms with van der Waals surface area (Å²) in [6.07, 6.45) is 13.2. The predicted octanol–water partition coefficient (Wildman–Crippen LogP) is 5.64. The van der Waals surface area contributed by atoms with Crippen molar-refractivity contribution in [3.05, 3.63) is 81.0 Å². The summed E-state index contributed by atoms with van der Waals surface area (Å²) in [6, 6.07) is 6.32. The minimum atomic E-state index is -1.58. The van der Waals surface area contributed by atoms with Crippen LogP contribution in [-0.2, 0) is 25.4 Å². The number of amides is 1. The standard InChI is InChI=1S/C39H49F3N4O4S2/c1-4-28-35(37(41)39(38(42)36(28)40)51-25-33(47)44-12-18-49-20-22-50-21-19-48-17-11-43)34-29-9-7-26(45-13-5-14-45)23-31(29)52(2,3)32-24-27(8-10-30(32)34)46-15-6-16-46/h7-10,23-24H,4-6,11-22,25,43H2,1-3H3/p+1. The largest absolute Gasteiger partial charge is 0.378 e. The molecule has 1 amide bonds. The Balaban J connectivity index is 1.26. The highest BCUT2D eigenvalue weighted by atomic mass is 32.3. The van der Waals surface area contributed by atoms with Crippen molar-refractivity contribution in [2.24, 2.45) is 5.73 Å². The normalized spacial score (nSPS) is 18.1. The summed E-state index contributed by atoms with van der Waals surface area (Å²) in [5.41, 5.74) is 9.93. The molecule has 8 nitrogen and oxygen atoms in total. The van der Waals surface area contributed by atoms with Gasteiger partial charge in [-0.3, -0.25) is 4.79 Å². The molecule has 0 unspecified atom stereocenters. The Bertz CT molecular complexity index is 1800. The number of nitrogens with two attached hydrogens (primary N) is 1. The van der Waals surface area contributed by atoms with Crippen LogP contribution in [0.1, 0.15) is 36.5 Å². The topological polar surface area (TPSA) is 89.1 Å². The van der Waals surface area contributed by atoms with E-state index in [0.29, 0.717) is 56.9 Å². The van der Waals surface area contributed by atoms with Crippen LogP contribution in [0.5, 0.6) is 0 Å². The fourth-order valence-electron chi connectivity index (χ4n) is 6.83. The molecule has 52 heavy (non-hydrogen) atoms. The van der Waals surface area contributed by atoms with Gasteiger partial charge in [-0.05, 0) is 54.7 Å². The van der Waals surface area contributed by atoms with Gasteiger partial charge in [0.05, 0.1) is 56.7 Å². The first kappa shape index (κ1) is 38.6. The van der Waals surface area contributed by atoms with Gasteiger partial charge in [-0.2, -0.15) is 10.0 Å². The van der Waals surface area contributed by atoms with E-state index >= 15 is 13.2 Å². The Morgan fingerprint density at radius 3 is 2.31 bits per heavy atom.